The number of alkyl halides is 4. The molecule has 17 heavy (non-hydrogen) atoms. The Morgan fingerprint density at radius 2 is 1.94 bits per heavy atom. The second-order valence-corrected chi connectivity index (χ2v) is 3.40. The van der Waals surface area contributed by atoms with Gasteiger partial charge in [-0.3, -0.25) is 0 Å². The number of rotatable bonds is 1. The van der Waals surface area contributed by atoms with Crippen molar-refractivity contribution < 1.29 is 31.8 Å². The minimum Gasteiger partial charge on any atom is -0.486 e. The number of carbonyl (C=O) groups excluding carboxylic acids is 1. The fraction of sp³-hybridized carbons (Fsp3) is 0.300. The maximum absolute atomic E-state index is 13.4. The smallest absolute Gasteiger partial charge is 0.349 e. The molecule has 0 bridgehead atoms. The lowest BCUT2D eigenvalue weighted by atomic mass is 9.95. The van der Waals surface area contributed by atoms with E-state index in [1.54, 1.807) is 0 Å². The average Bonchev–Trinajstić information content (AvgIpc) is 2.22. The van der Waals surface area contributed by atoms with Crippen LogP contribution in [0.15, 0.2) is 35.8 Å². The number of hydrogen-bond acceptors (Lipinski definition) is 3. The molecule has 3 nitrogen and oxygen atoms in total. The van der Waals surface area contributed by atoms with Gasteiger partial charge < -0.3 is 9.47 Å². The highest BCUT2D eigenvalue weighted by Crippen LogP contribution is 2.46. The molecule has 2 rings (SSSR count). The van der Waals surface area contributed by atoms with Gasteiger partial charge in [-0.25, -0.2) is 4.79 Å². The summed E-state index contributed by atoms with van der Waals surface area (Å²) in [5.41, 5.74) is -1.09. The molecule has 0 radical (unpaired) electrons. The van der Waals surface area contributed by atoms with E-state index in [9.17, 15) is 22.4 Å². The van der Waals surface area contributed by atoms with E-state index >= 15 is 0 Å². The number of cyclic esters (lactones) is 1. The fourth-order valence-corrected chi connectivity index (χ4v) is 1.37. The highest BCUT2D eigenvalue weighted by molar-refractivity contribution is 5.73. The van der Waals surface area contributed by atoms with Crippen LogP contribution in [0.25, 0.3) is 0 Å². The first-order chi connectivity index (χ1) is 7.84. The van der Waals surface area contributed by atoms with Gasteiger partial charge in [-0.05, 0) is 12.2 Å². The summed E-state index contributed by atoms with van der Waals surface area (Å²) < 4.78 is 61.8. The van der Waals surface area contributed by atoms with E-state index in [1.807, 2.05) is 0 Å². The van der Waals surface area contributed by atoms with Gasteiger partial charge in [0.15, 0.2) is 12.4 Å². The second-order valence-electron chi connectivity index (χ2n) is 3.40. The van der Waals surface area contributed by atoms with Crippen LogP contribution in [0.4, 0.5) is 17.6 Å². The lowest BCUT2D eigenvalue weighted by Gasteiger charge is -2.29. The number of carbonyl (C=O) groups is 1. The summed E-state index contributed by atoms with van der Waals surface area (Å²) in [4.78, 5) is 10.8. The predicted octanol–water partition coefficient (Wildman–Crippen LogP) is 2.17. The van der Waals surface area contributed by atoms with Gasteiger partial charge in [-0.15, -0.1) is 0 Å². The first kappa shape index (κ1) is 11.7. The Bertz CT molecular complexity index is 448. The van der Waals surface area contributed by atoms with Gasteiger partial charge >= 0.3 is 17.8 Å². The third-order valence-electron chi connectivity index (χ3n) is 2.21. The molecule has 1 aliphatic heterocycles. The van der Waals surface area contributed by atoms with Crippen molar-refractivity contribution in [2.45, 2.75) is 11.8 Å². The van der Waals surface area contributed by atoms with Crippen LogP contribution >= 0.6 is 0 Å². The van der Waals surface area contributed by atoms with Crippen LogP contribution in [0, 0.1) is 0 Å². The van der Waals surface area contributed by atoms with Crippen LogP contribution < -0.4 is 0 Å². The monoisotopic (exact) mass is 250 g/mol. The SMILES string of the molecule is O=C1COC=C(C2=CC=CC(F)(F)C2(F)F)O1. The summed E-state index contributed by atoms with van der Waals surface area (Å²) in [5, 5.41) is 0. The number of allylic oxidation sites excluding steroid dienone is 4. The van der Waals surface area contributed by atoms with E-state index in [0.29, 0.717) is 0 Å². The van der Waals surface area contributed by atoms with Crippen LogP contribution in [-0.2, 0) is 14.3 Å². The van der Waals surface area contributed by atoms with Crippen molar-refractivity contribution in [2.75, 3.05) is 6.61 Å². The van der Waals surface area contributed by atoms with E-state index < -0.39 is 35.8 Å². The highest BCUT2D eigenvalue weighted by Gasteiger charge is 2.59. The predicted molar refractivity (Wildman–Crippen MR) is 47.2 cm³/mol. The van der Waals surface area contributed by atoms with Crippen molar-refractivity contribution in [3.63, 3.8) is 0 Å². The van der Waals surface area contributed by atoms with Crippen molar-refractivity contribution in [2.24, 2.45) is 0 Å². The molecular formula is C10H6F4O3. The zero-order valence-electron chi connectivity index (χ0n) is 8.25. The minimum absolute atomic E-state index is 0.0859. The summed E-state index contributed by atoms with van der Waals surface area (Å²) >= 11 is 0. The quantitative estimate of drug-likeness (QED) is 0.528. The Morgan fingerprint density at radius 3 is 2.59 bits per heavy atom. The maximum Gasteiger partial charge on any atom is 0.349 e. The van der Waals surface area contributed by atoms with E-state index in [-0.39, 0.29) is 6.08 Å². The molecule has 0 unspecified atom stereocenters. The normalized spacial score (nSPS) is 25.5. The molecule has 7 heteroatoms. The molecule has 1 heterocycles. The standard InChI is InChI=1S/C10H6F4O3/c11-9(12)3-1-2-6(10(9,13)14)7-4-16-5-8(15)17-7/h1-4H,5H2. The molecule has 0 N–H and O–H groups in total. The van der Waals surface area contributed by atoms with Crippen molar-refractivity contribution in [3.8, 4) is 0 Å². The van der Waals surface area contributed by atoms with Gasteiger partial charge in [-0.2, -0.15) is 17.6 Å². The Hall–Kier alpha value is -1.79. The van der Waals surface area contributed by atoms with Gasteiger partial charge in [0.2, 0.25) is 0 Å². The van der Waals surface area contributed by atoms with Gasteiger partial charge in [-0.1, -0.05) is 6.08 Å². The van der Waals surface area contributed by atoms with E-state index in [0.717, 1.165) is 18.4 Å². The summed E-state index contributed by atoms with van der Waals surface area (Å²) in [6.07, 6.45) is 2.33. The zero-order valence-corrected chi connectivity index (χ0v) is 8.25. The zero-order chi connectivity index (χ0) is 12.7. The third-order valence-corrected chi connectivity index (χ3v) is 2.21. The Kier molecular flexibility index (Phi) is 2.48. The molecular weight excluding hydrogens is 244 g/mol. The lowest BCUT2D eigenvalue weighted by molar-refractivity contribution is -0.161. The van der Waals surface area contributed by atoms with Crippen LogP contribution in [0.5, 0.6) is 0 Å². The van der Waals surface area contributed by atoms with E-state index in [4.69, 9.17) is 0 Å². The average molecular weight is 250 g/mol. The van der Waals surface area contributed by atoms with Gasteiger partial charge in [0.25, 0.3) is 0 Å². The molecule has 0 saturated carbocycles. The fourth-order valence-electron chi connectivity index (χ4n) is 1.37. The van der Waals surface area contributed by atoms with Crippen LogP contribution in [0.2, 0.25) is 0 Å². The summed E-state index contributed by atoms with van der Waals surface area (Å²) in [5.74, 6) is -10.4. The van der Waals surface area contributed by atoms with E-state index in [1.165, 1.54) is 0 Å². The Balaban J connectivity index is 2.39. The second kappa shape index (κ2) is 3.61. The van der Waals surface area contributed by atoms with Crippen LogP contribution in [-0.4, -0.2) is 24.4 Å². The maximum atomic E-state index is 13.4. The molecule has 1 aliphatic carbocycles. The van der Waals surface area contributed by atoms with Crippen molar-refractivity contribution >= 4 is 5.97 Å². The van der Waals surface area contributed by atoms with Gasteiger partial charge in [0.1, 0.15) is 6.26 Å². The molecule has 0 aromatic rings. The first-order valence-electron chi connectivity index (χ1n) is 4.53. The molecule has 0 saturated heterocycles. The highest BCUT2D eigenvalue weighted by atomic mass is 19.3. The van der Waals surface area contributed by atoms with Crippen LogP contribution in [0.1, 0.15) is 0 Å². The number of ether oxygens (including phenoxy) is 2. The van der Waals surface area contributed by atoms with E-state index in [2.05, 4.69) is 9.47 Å². The van der Waals surface area contributed by atoms with Crippen molar-refractivity contribution in [3.05, 3.63) is 35.8 Å². The van der Waals surface area contributed by atoms with Gasteiger partial charge in [0, 0.05) is 0 Å². The number of halogens is 4. The largest absolute Gasteiger partial charge is 0.486 e. The molecule has 0 fully saturated rings. The molecule has 0 amide bonds. The molecule has 0 spiro atoms. The summed E-state index contributed by atoms with van der Waals surface area (Å²) in [7, 11) is 0. The molecule has 0 aromatic carbocycles. The lowest BCUT2D eigenvalue weighted by Crippen LogP contribution is -2.43. The molecule has 0 aromatic heterocycles. The minimum atomic E-state index is -4.45. The van der Waals surface area contributed by atoms with Crippen molar-refractivity contribution in [1.82, 2.24) is 0 Å². The first-order valence-corrected chi connectivity index (χ1v) is 4.53. The van der Waals surface area contributed by atoms with Gasteiger partial charge in [0.05, 0.1) is 5.57 Å². The topological polar surface area (TPSA) is 35.5 Å². The number of esters is 1. The number of hydrogen-bond donors (Lipinski definition) is 0. The summed E-state index contributed by atoms with van der Waals surface area (Å²) in [6.45, 7) is -0.436. The van der Waals surface area contributed by atoms with Crippen LogP contribution in [0.3, 0.4) is 0 Å². The third kappa shape index (κ3) is 1.81. The summed E-state index contributed by atoms with van der Waals surface area (Å²) in [6, 6.07) is 0. The Labute approximate surface area is 93.0 Å². The molecule has 92 valence electrons. The van der Waals surface area contributed by atoms with Crippen molar-refractivity contribution in [1.29, 1.82) is 0 Å². The Morgan fingerprint density at radius 1 is 1.24 bits per heavy atom. The molecule has 0 atom stereocenters. The molecule has 2 aliphatic rings.